The van der Waals surface area contributed by atoms with Crippen LogP contribution in [-0.2, 0) is 0 Å². The van der Waals surface area contributed by atoms with Gasteiger partial charge in [0.05, 0.1) is 0 Å². The minimum atomic E-state index is 0.405. The molecule has 2 nitrogen and oxygen atoms in total. The quantitative estimate of drug-likeness (QED) is 0.817. The van der Waals surface area contributed by atoms with Gasteiger partial charge >= 0.3 is 0 Å². The fourth-order valence-electron chi connectivity index (χ4n) is 2.53. The van der Waals surface area contributed by atoms with E-state index in [2.05, 4.69) is 47.9 Å². The Morgan fingerprint density at radius 2 is 2.24 bits per heavy atom. The van der Waals surface area contributed by atoms with Gasteiger partial charge in [0.1, 0.15) is 11.9 Å². The standard InChI is InChI=1S/C14H19NOS/c1-11-3-2-4-13(7-11)16-14-8-15(9-14)12-5-6-17-10-12/h2-4,7,12,14H,5-6,8-10H2,1H3/t12-/m1/s1. The summed E-state index contributed by atoms with van der Waals surface area (Å²) in [7, 11) is 0. The molecule has 0 amide bonds. The summed E-state index contributed by atoms with van der Waals surface area (Å²) >= 11 is 2.08. The first-order valence-electron chi connectivity index (χ1n) is 6.36. The zero-order valence-corrected chi connectivity index (χ0v) is 11.1. The SMILES string of the molecule is Cc1cccc(OC2CN([C@@H]3CCSC3)C2)c1. The molecule has 1 atom stereocenters. The van der Waals surface area contributed by atoms with Crippen LogP contribution in [0, 0.1) is 6.92 Å². The molecule has 3 rings (SSSR count). The molecule has 0 aliphatic carbocycles. The second-order valence-corrected chi connectivity index (χ2v) is 6.18. The van der Waals surface area contributed by atoms with E-state index in [0.29, 0.717) is 6.10 Å². The first-order chi connectivity index (χ1) is 8.31. The maximum Gasteiger partial charge on any atom is 0.124 e. The van der Waals surface area contributed by atoms with E-state index in [1.165, 1.54) is 23.5 Å². The van der Waals surface area contributed by atoms with Crippen molar-refractivity contribution in [3.05, 3.63) is 29.8 Å². The third-order valence-corrected chi connectivity index (χ3v) is 4.74. The summed E-state index contributed by atoms with van der Waals surface area (Å²) in [5, 5.41) is 0. The largest absolute Gasteiger partial charge is 0.488 e. The van der Waals surface area contributed by atoms with Crippen molar-refractivity contribution in [2.45, 2.75) is 25.5 Å². The Labute approximate surface area is 107 Å². The molecule has 0 aromatic heterocycles. The topological polar surface area (TPSA) is 12.5 Å². The van der Waals surface area contributed by atoms with Gasteiger partial charge < -0.3 is 4.74 Å². The minimum absolute atomic E-state index is 0.405. The van der Waals surface area contributed by atoms with Crippen LogP contribution >= 0.6 is 11.8 Å². The second-order valence-electron chi connectivity index (χ2n) is 5.03. The molecule has 0 radical (unpaired) electrons. The number of likely N-dealkylation sites (tertiary alicyclic amines) is 1. The van der Waals surface area contributed by atoms with E-state index >= 15 is 0 Å². The number of nitrogens with zero attached hydrogens (tertiary/aromatic N) is 1. The van der Waals surface area contributed by atoms with E-state index in [1.54, 1.807) is 0 Å². The van der Waals surface area contributed by atoms with Crippen LogP contribution in [0.3, 0.4) is 0 Å². The fraction of sp³-hybridized carbons (Fsp3) is 0.571. The molecule has 2 aliphatic heterocycles. The molecule has 92 valence electrons. The van der Waals surface area contributed by atoms with Gasteiger partial charge in [-0.3, -0.25) is 4.90 Å². The third kappa shape index (κ3) is 2.61. The van der Waals surface area contributed by atoms with Gasteiger partial charge in [-0.15, -0.1) is 0 Å². The molecule has 0 unspecified atom stereocenters. The Bertz CT molecular complexity index is 384. The van der Waals surface area contributed by atoms with Crippen LogP contribution in [0.25, 0.3) is 0 Å². The van der Waals surface area contributed by atoms with Gasteiger partial charge in [-0.25, -0.2) is 0 Å². The molecule has 2 heterocycles. The number of aryl methyl sites for hydroxylation is 1. The highest BCUT2D eigenvalue weighted by atomic mass is 32.2. The normalized spacial score (nSPS) is 25.8. The number of ether oxygens (including phenoxy) is 1. The Morgan fingerprint density at radius 1 is 1.35 bits per heavy atom. The summed E-state index contributed by atoms with van der Waals surface area (Å²) in [5.41, 5.74) is 1.27. The van der Waals surface area contributed by atoms with Crippen LogP contribution < -0.4 is 4.74 Å². The highest BCUT2D eigenvalue weighted by Crippen LogP contribution is 2.27. The van der Waals surface area contributed by atoms with Gasteiger partial charge in [-0.2, -0.15) is 11.8 Å². The second kappa shape index (κ2) is 4.91. The van der Waals surface area contributed by atoms with Crippen molar-refractivity contribution in [3.8, 4) is 5.75 Å². The van der Waals surface area contributed by atoms with Crippen molar-refractivity contribution in [1.82, 2.24) is 4.90 Å². The smallest absolute Gasteiger partial charge is 0.124 e. The zero-order valence-electron chi connectivity index (χ0n) is 10.3. The number of hydrogen-bond donors (Lipinski definition) is 0. The van der Waals surface area contributed by atoms with Gasteiger partial charge in [-0.05, 0) is 36.8 Å². The summed E-state index contributed by atoms with van der Waals surface area (Å²) in [5.74, 6) is 3.68. The molecular weight excluding hydrogens is 230 g/mol. The molecule has 0 N–H and O–H groups in total. The predicted octanol–water partition coefficient (Wildman–Crippen LogP) is 2.56. The minimum Gasteiger partial charge on any atom is -0.488 e. The van der Waals surface area contributed by atoms with Gasteiger partial charge in [0.2, 0.25) is 0 Å². The van der Waals surface area contributed by atoms with Crippen molar-refractivity contribution in [3.63, 3.8) is 0 Å². The van der Waals surface area contributed by atoms with Gasteiger partial charge in [0.15, 0.2) is 0 Å². The van der Waals surface area contributed by atoms with E-state index < -0.39 is 0 Å². The molecule has 1 aromatic rings. The van der Waals surface area contributed by atoms with Crippen LogP contribution in [0.15, 0.2) is 24.3 Å². The molecular formula is C14H19NOS. The molecule has 2 aliphatic rings. The van der Waals surface area contributed by atoms with E-state index in [4.69, 9.17) is 4.74 Å². The van der Waals surface area contributed by atoms with E-state index in [1.807, 2.05) is 0 Å². The van der Waals surface area contributed by atoms with E-state index in [9.17, 15) is 0 Å². The highest BCUT2D eigenvalue weighted by molar-refractivity contribution is 7.99. The Hall–Kier alpha value is -0.670. The zero-order chi connectivity index (χ0) is 11.7. The van der Waals surface area contributed by atoms with Gasteiger partial charge in [0.25, 0.3) is 0 Å². The number of hydrogen-bond acceptors (Lipinski definition) is 3. The van der Waals surface area contributed by atoms with E-state index in [-0.39, 0.29) is 0 Å². The van der Waals surface area contributed by atoms with Crippen molar-refractivity contribution in [2.24, 2.45) is 0 Å². The van der Waals surface area contributed by atoms with Crippen molar-refractivity contribution >= 4 is 11.8 Å². The summed E-state index contributed by atoms with van der Waals surface area (Å²) in [6.07, 6.45) is 1.77. The molecule has 17 heavy (non-hydrogen) atoms. The van der Waals surface area contributed by atoms with Crippen LogP contribution in [0.1, 0.15) is 12.0 Å². The Kier molecular flexibility index (Phi) is 3.30. The number of rotatable bonds is 3. The average molecular weight is 249 g/mol. The van der Waals surface area contributed by atoms with Crippen molar-refractivity contribution < 1.29 is 4.74 Å². The molecule has 1 aromatic carbocycles. The predicted molar refractivity (Wildman–Crippen MR) is 72.9 cm³/mol. The van der Waals surface area contributed by atoms with Crippen LogP contribution in [0.5, 0.6) is 5.75 Å². The Balaban J connectivity index is 1.49. The summed E-state index contributed by atoms with van der Waals surface area (Å²) in [6, 6.07) is 9.16. The molecule has 0 bridgehead atoms. The molecule has 0 saturated carbocycles. The van der Waals surface area contributed by atoms with Crippen molar-refractivity contribution in [1.29, 1.82) is 0 Å². The summed E-state index contributed by atoms with van der Waals surface area (Å²) in [4.78, 5) is 2.57. The lowest BCUT2D eigenvalue weighted by molar-refractivity contribution is -0.00247. The van der Waals surface area contributed by atoms with Crippen molar-refractivity contribution in [2.75, 3.05) is 24.6 Å². The highest BCUT2D eigenvalue weighted by Gasteiger charge is 2.35. The molecule has 3 heteroatoms. The summed E-state index contributed by atoms with van der Waals surface area (Å²) in [6.45, 7) is 4.33. The van der Waals surface area contributed by atoms with Crippen LogP contribution in [-0.4, -0.2) is 41.6 Å². The lowest BCUT2D eigenvalue weighted by atomic mass is 10.1. The first kappa shape index (κ1) is 11.4. The van der Waals surface area contributed by atoms with Gasteiger partial charge in [0, 0.05) is 24.9 Å². The lowest BCUT2D eigenvalue weighted by Gasteiger charge is -2.42. The lowest BCUT2D eigenvalue weighted by Crippen LogP contribution is -2.57. The fourth-order valence-corrected chi connectivity index (χ4v) is 3.79. The monoisotopic (exact) mass is 249 g/mol. The summed E-state index contributed by atoms with van der Waals surface area (Å²) < 4.78 is 5.97. The molecule has 2 fully saturated rings. The maximum atomic E-state index is 5.97. The molecule has 2 saturated heterocycles. The van der Waals surface area contributed by atoms with Crippen LogP contribution in [0.4, 0.5) is 0 Å². The number of thioether (sulfide) groups is 1. The molecule has 0 spiro atoms. The van der Waals surface area contributed by atoms with Crippen LogP contribution in [0.2, 0.25) is 0 Å². The Morgan fingerprint density at radius 3 is 2.94 bits per heavy atom. The van der Waals surface area contributed by atoms with Gasteiger partial charge in [-0.1, -0.05) is 12.1 Å². The maximum absolute atomic E-state index is 5.97. The average Bonchev–Trinajstić information content (AvgIpc) is 2.76. The van der Waals surface area contributed by atoms with E-state index in [0.717, 1.165) is 24.9 Å². The first-order valence-corrected chi connectivity index (χ1v) is 7.52. The number of benzene rings is 1. The third-order valence-electron chi connectivity index (χ3n) is 3.59.